The maximum absolute atomic E-state index is 2.65. The molecule has 0 N–H and O–H groups in total. The van der Waals surface area contributed by atoms with Crippen LogP contribution in [0.4, 0.5) is 0 Å². The molecule has 11 heavy (non-hydrogen) atoms. The van der Waals surface area contributed by atoms with Gasteiger partial charge in [-0.25, -0.2) is 0 Å². The number of hydrogen-bond donors (Lipinski definition) is 0. The fourth-order valence-corrected chi connectivity index (χ4v) is 2.37. The minimum Gasteiger partial charge on any atom is -0.296 e. The highest BCUT2D eigenvalue weighted by atomic mass is 15.2. The Hall–Kier alpha value is -0.300. The van der Waals surface area contributed by atoms with Gasteiger partial charge in [0, 0.05) is 12.6 Å². The SMILES string of the molecule is CC1=CCCN2CCCCC12. The van der Waals surface area contributed by atoms with Crippen LogP contribution < -0.4 is 0 Å². The van der Waals surface area contributed by atoms with E-state index in [2.05, 4.69) is 17.9 Å². The lowest BCUT2D eigenvalue weighted by Crippen LogP contribution is -2.42. The van der Waals surface area contributed by atoms with Gasteiger partial charge in [0.05, 0.1) is 0 Å². The average molecular weight is 151 g/mol. The molecule has 0 spiro atoms. The third-order valence-corrected chi connectivity index (χ3v) is 3.02. The van der Waals surface area contributed by atoms with Crippen LogP contribution in [0.1, 0.15) is 32.6 Å². The van der Waals surface area contributed by atoms with Gasteiger partial charge in [-0.1, -0.05) is 18.1 Å². The fourth-order valence-electron chi connectivity index (χ4n) is 2.37. The van der Waals surface area contributed by atoms with Crippen molar-refractivity contribution in [3.8, 4) is 0 Å². The molecule has 2 rings (SSSR count). The van der Waals surface area contributed by atoms with Gasteiger partial charge >= 0.3 is 0 Å². The van der Waals surface area contributed by atoms with E-state index in [4.69, 9.17) is 0 Å². The lowest BCUT2D eigenvalue weighted by atomic mass is 9.92. The van der Waals surface area contributed by atoms with Gasteiger partial charge in [0.2, 0.25) is 0 Å². The zero-order valence-electron chi connectivity index (χ0n) is 7.34. The van der Waals surface area contributed by atoms with Gasteiger partial charge in [0.15, 0.2) is 0 Å². The van der Waals surface area contributed by atoms with Gasteiger partial charge < -0.3 is 0 Å². The van der Waals surface area contributed by atoms with Gasteiger partial charge in [-0.15, -0.1) is 0 Å². The van der Waals surface area contributed by atoms with E-state index in [1.54, 1.807) is 5.57 Å². The Morgan fingerprint density at radius 3 is 3.09 bits per heavy atom. The van der Waals surface area contributed by atoms with Crippen molar-refractivity contribution in [2.75, 3.05) is 13.1 Å². The average Bonchev–Trinajstić information content (AvgIpc) is 2.06. The van der Waals surface area contributed by atoms with E-state index in [9.17, 15) is 0 Å². The van der Waals surface area contributed by atoms with Crippen LogP contribution >= 0.6 is 0 Å². The van der Waals surface area contributed by atoms with Crippen LogP contribution in [-0.4, -0.2) is 24.0 Å². The molecule has 2 aliphatic heterocycles. The Morgan fingerprint density at radius 1 is 1.36 bits per heavy atom. The minimum atomic E-state index is 0.817. The molecule has 0 amide bonds. The van der Waals surface area contributed by atoms with Crippen molar-refractivity contribution in [1.82, 2.24) is 4.90 Å². The van der Waals surface area contributed by atoms with Crippen LogP contribution in [0.5, 0.6) is 0 Å². The zero-order valence-corrected chi connectivity index (χ0v) is 7.34. The summed E-state index contributed by atoms with van der Waals surface area (Å²) in [7, 11) is 0. The Morgan fingerprint density at radius 2 is 2.27 bits per heavy atom. The monoisotopic (exact) mass is 151 g/mol. The summed E-state index contributed by atoms with van der Waals surface area (Å²) >= 11 is 0. The Kier molecular flexibility index (Phi) is 1.99. The number of fused-ring (bicyclic) bond motifs is 1. The van der Waals surface area contributed by atoms with Gasteiger partial charge in [-0.05, 0) is 32.7 Å². The van der Waals surface area contributed by atoms with E-state index in [-0.39, 0.29) is 0 Å². The van der Waals surface area contributed by atoms with E-state index in [0.29, 0.717) is 0 Å². The van der Waals surface area contributed by atoms with Crippen molar-refractivity contribution in [3.63, 3.8) is 0 Å². The second-order valence-electron chi connectivity index (χ2n) is 3.78. The number of hydrogen-bond acceptors (Lipinski definition) is 1. The molecule has 0 aliphatic carbocycles. The molecule has 0 aromatic heterocycles. The first-order valence-electron chi connectivity index (χ1n) is 4.78. The first-order valence-corrected chi connectivity index (χ1v) is 4.78. The third kappa shape index (κ3) is 1.34. The smallest absolute Gasteiger partial charge is 0.0304 e. The van der Waals surface area contributed by atoms with Crippen molar-refractivity contribution >= 4 is 0 Å². The Balaban J connectivity index is 2.11. The number of rotatable bonds is 0. The van der Waals surface area contributed by atoms with Gasteiger partial charge in [0.25, 0.3) is 0 Å². The standard InChI is InChI=1S/C10H17N/c1-9-5-4-8-11-7-3-2-6-10(9)11/h5,10H,2-4,6-8H2,1H3. The maximum Gasteiger partial charge on any atom is 0.0304 e. The quantitative estimate of drug-likeness (QED) is 0.480. The van der Waals surface area contributed by atoms with E-state index in [1.807, 2.05) is 0 Å². The zero-order chi connectivity index (χ0) is 7.68. The van der Waals surface area contributed by atoms with E-state index >= 15 is 0 Å². The van der Waals surface area contributed by atoms with Crippen molar-refractivity contribution in [1.29, 1.82) is 0 Å². The van der Waals surface area contributed by atoms with Crippen LogP contribution in [0, 0.1) is 0 Å². The predicted octanol–water partition coefficient (Wildman–Crippen LogP) is 2.19. The summed E-state index contributed by atoms with van der Waals surface area (Å²) in [5, 5.41) is 0. The van der Waals surface area contributed by atoms with Crippen LogP contribution in [0.2, 0.25) is 0 Å². The molecule has 1 heteroatoms. The van der Waals surface area contributed by atoms with Gasteiger partial charge in [-0.3, -0.25) is 4.90 Å². The van der Waals surface area contributed by atoms with Crippen molar-refractivity contribution in [3.05, 3.63) is 11.6 Å². The summed E-state index contributed by atoms with van der Waals surface area (Å²) in [6.07, 6.45) is 7.97. The van der Waals surface area contributed by atoms with Crippen molar-refractivity contribution in [2.24, 2.45) is 0 Å². The van der Waals surface area contributed by atoms with E-state index in [1.165, 1.54) is 38.8 Å². The normalized spacial score (nSPS) is 32.8. The minimum absolute atomic E-state index is 0.817. The van der Waals surface area contributed by atoms with E-state index in [0.717, 1.165) is 6.04 Å². The molecule has 1 atom stereocenters. The molecule has 2 aliphatic rings. The molecule has 0 bridgehead atoms. The van der Waals surface area contributed by atoms with Crippen molar-refractivity contribution in [2.45, 2.75) is 38.6 Å². The summed E-state index contributed by atoms with van der Waals surface area (Å²) in [5.41, 5.74) is 1.62. The first kappa shape index (κ1) is 7.35. The van der Waals surface area contributed by atoms with Gasteiger partial charge in [-0.2, -0.15) is 0 Å². The van der Waals surface area contributed by atoms with E-state index < -0.39 is 0 Å². The third-order valence-electron chi connectivity index (χ3n) is 3.02. The lowest BCUT2D eigenvalue weighted by Gasteiger charge is -2.38. The molecule has 1 unspecified atom stereocenters. The van der Waals surface area contributed by atoms with Gasteiger partial charge in [0.1, 0.15) is 0 Å². The molecule has 62 valence electrons. The fraction of sp³-hybridized carbons (Fsp3) is 0.800. The Labute approximate surface area is 69.1 Å². The summed E-state index contributed by atoms with van der Waals surface area (Å²) in [4.78, 5) is 2.65. The van der Waals surface area contributed by atoms with Crippen LogP contribution in [0.3, 0.4) is 0 Å². The number of nitrogens with zero attached hydrogens (tertiary/aromatic N) is 1. The van der Waals surface area contributed by atoms with Crippen LogP contribution in [0.25, 0.3) is 0 Å². The Bertz CT molecular complexity index is 172. The molecule has 2 heterocycles. The largest absolute Gasteiger partial charge is 0.296 e. The molecule has 1 saturated heterocycles. The topological polar surface area (TPSA) is 3.24 Å². The lowest BCUT2D eigenvalue weighted by molar-refractivity contribution is 0.165. The predicted molar refractivity (Wildman–Crippen MR) is 47.6 cm³/mol. The molecule has 0 aromatic rings. The maximum atomic E-state index is 2.65. The van der Waals surface area contributed by atoms with Crippen molar-refractivity contribution < 1.29 is 0 Å². The van der Waals surface area contributed by atoms with Crippen LogP contribution in [-0.2, 0) is 0 Å². The van der Waals surface area contributed by atoms with Crippen LogP contribution in [0.15, 0.2) is 11.6 Å². The highest BCUT2D eigenvalue weighted by Crippen LogP contribution is 2.26. The molecular weight excluding hydrogens is 134 g/mol. The second-order valence-corrected chi connectivity index (χ2v) is 3.78. The summed E-state index contributed by atoms with van der Waals surface area (Å²) in [5.74, 6) is 0. The molecule has 1 fully saturated rings. The molecule has 1 nitrogen and oxygen atoms in total. The first-order chi connectivity index (χ1) is 5.38. The molecule has 0 radical (unpaired) electrons. The molecule has 0 aromatic carbocycles. The summed E-state index contributed by atoms with van der Waals surface area (Å²) < 4.78 is 0. The molecular formula is C10H17N. The summed E-state index contributed by atoms with van der Waals surface area (Å²) in [6, 6.07) is 0.817. The highest BCUT2D eigenvalue weighted by molar-refractivity contribution is 5.12. The highest BCUT2D eigenvalue weighted by Gasteiger charge is 2.24. The number of piperidine rings is 1. The summed E-state index contributed by atoms with van der Waals surface area (Å²) in [6.45, 7) is 4.94. The second kappa shape index (κ2) is 2.98. The molecule has 0 saturated carbocycles.